The van der Waals surface area contributed by atoms with Crippen molar-refractivity contribution >= 4 is 28.1 Å². The van der Waals surface area contributed by atoms with E-state index in [0.717, 1.165) is 16.8 Å². The van der Waals surface area contributed by atoms with E-state index in [4.69, 9.17) is 16.6 Å². The predicted octanol–water partition coefficient (Wildman–Crippen LogP) is 2.78. The Hall–Kier alpha value is -3.08. The highest BCUT2D eigenvalue weighted by molar-refractivity contribution is 6.01. The van der Waals surface area contributed by atoms with Crippen LogP contribution in [-0.4, -0.2) is 16.1 Å². The molecular formula is C16H15N3O2. The van der Waals surface area contributed by atoms with Gasteiger partial charge in [0.25, 0.3) is 0 Å². The summed E-state index contributed by atoms with van der Waals surface area (Å²) in [7, 11) is 0. The number of anilines is 2. The van der Waals surface area contributed by atoms with Gasteiger partial charge in [0.15, 0.2) is 5.69 Å². The summed E-state index contributed by atoms with van der Waals surface area (Å²) in [5, 5.41) is 10.4. The van der Waals surface area contributed by atoms with Crippen LogP contribution in [0, 0.1) is 0 Å². The first-order valence-electron chi connectivity index (χ1n) is 6.26. The third-order valence-electron chi connectivity index (χ3n) is 2.81. The molecule has 0 saturated carbocycles. The summed E-state index contributed by atoms with van der Waals surface area (Å²) in [5.74, 6) is -0.989. The van der Waals surface area contributed by atoms with Gasteiger partial charge in [-0.1, -0.05) is 24.3 Å². The average Bonchev–Trinajstić information content (AvgIpc) is 2.50. The van der Waals surface area contributed by atoms with Gasteiger partial charge in [0.2, 0.25) is 0 Å². The minimum atomic E-state index is -0.989. The number of hydrogen-bond acceptors (Lipinski definition) is 4. The van der Waals surface area contributed by atoms with Crippen molar-refractivity contribution in [1.29, 1.82) is 0 Å². The predicted molar refractivity (Wildman–Crippen MR) is 84.0 cm³/mol. The number of carbonyl (C=O) groups is 1. The molecule has 0 unspecified atom stereocenters. The largest absolute Gasteiger partial charge is 0.476 e. The molecule has 5 heteroatoms. The van der Waals surface area contributed by atoms with E-state index in [0.29, 0.717) is 5.39 Å². The highest BCUT2D eigenvalue weighted by Crippen LogP contribution is 2.15. The highest BCUT2D eigenvalue weighted by Gasteiger charge is 2.07. The van der Waals surface area contributed by atoms with Crippen molar-refractivity contribution in [3.8, 4) is 0 Å². The molecule has 0 aliphatic rings. The van der Waals surface area contributed by atoms with E-state index in [1.165, 1.54) is 6.20 Å². The van der Waals surface area contributed by atoms with Crippen LogP contribution >= 0.6 is 0 Å². The van der Waals surface area contributed by atoms with Crippen molar-refractivity contribution in [2.24, 2.45) is 0 Å². The van der Waals surface area contributed by atoms with Gasteiger partial charge in [-0.2, -0.15) is 0 Å². The van der Waals surface area contributed by atoms with Crippen LogP contribution in [0.3, 0.4) is 0 Å². The van der Waals surface area contributed by atoms with Crippen LogP contribution in [0.15, 0.2) is 60.8 Å². The van der Waals surface area contributed by atoms with E-state index in [1.807, 2.05) is 12.1 Å². The van der Waals surface area contributed by atoms with Gasteiger partial charge in [0, 0.05) is 23.0 Å². The Labute approximate surface area is 121 Å². The molecule has 0 radical (unpaired) electrons. The topological polar surface area (TPSA) is 102 Å². The number of aromatic carboxylic acids is 1. The van der Waals surface area contributed by atoms with Crippen molar-refractivity contribution in [2.75, 3.05) is 11.5 Å². The molecule has 1 heterocycles. The molecular weight excluding hydrogens is 266 g/mol. The number of aromatic nitrogens is 1. The molecule has 106 valence electrons. The van der Waals surface area contributed by atoms with Gasteiger partial charge in [-0.05, 0) is 35.7 Å². The van der Waals surface area contributed by atoms with Crippen molar-refractivity contribution in [1.82, 2.24) is 4.98 Å². The molecule has 0 amide bonds. The van der Waals surface area contributed by atoms with Gasteiger partial charge in [-0.15, -0.1) is 0 Å². The summed E-state index contributed by atoms with van der Waals surface area (Å²) in [6.45, 7) is 0. The first kappa shape index (κ1) is 14.3. The third kappa shape index (κ3) is 3.70. The molecule has 2 aromatic carbocycles. The van der Waals surface area contributed by atoms with E-state index in [-0.39, 0.29) is 5.69 Å². The number of pyridine rings is 1. The zero-order valence-corrected chi connectivity index (χ0v) is 11.2. The number of nitrogens with zero attached hydrogens (tertiary/aromatic N) is 1. The lowest BCUT2D eigenvalue weighted by Crippen LogP contribution is -2.00. The van der Waals surface area contributed by atoms with E-state index in [9.17, 15) is 4.79 Å². The Morgan fingerprint density at radius 2 is 1.48 bits per heavy atom. The normalized spacial score (nSPS) is 9.71. The lowest BCUT2D eigenvalue weighted by atomic mass is 10.1. The number of carboxylic acids is 1. The first-order chi connectivity index (χ1) is 10.1. The van der Waals surface area contributed by atoms with E-state index < -0.39 is 5.97 Å². The van der Waals surface area contributed by atoms with Crippen LogP contribution in [0.5, 0.6) is 0 Å². The molecule has 0 aliphatic carbocycles. The van der Waals surface area contributed by atoms with Crippen LogP contribution < -0.4 is 11.5 Å². The maximum atomic E-state index is 10.8. The van der Waals surface area contributed by atoms with Crippen molar-refractivity contribution in [2.45, 2.75) is 0 Å². The molecule has 0 spiro atoms. The lowest BCUT2D eigenvalue weighted by molar-refractivity contribution is 0.0693. The van der Waals surface area contributed by atoms with Gasteiger partial charge >= 0.3 is 5.97 Å². The minimum Gasteiger partial charge on any atom is -0.476 e. The molecule has 3 rings (SSSR count). The average molecular weight is 281 g/mol. The fourth-order valence-electron chi connectivity index (χ4n) is 1.79. The maximum Gasteiger partial charge on any atom is 0.355 e. The number of rotatable bonds is 1. The summed E-state index contributed by atoms with van der Waals surface area (Å²) in [5.41, 5.74) is 12.4. The monoisotopic (exact) mass is 281 g/mol. The van der Waals surface area contributed by atoms with Gasteiger partial charge in [0.05, 0.1) is 0 Å². The Morgan fingerprint density at radius 1 is 0.905 bits per heavy atom. The second kappa shape index (κ2) is 6.38. The Bertz CT molecular complexity index is 729. The van der Waals surface area contributed by atoms with Gasteiger partial charge < -0.3 is 16.6 Å². The fourth-order valence-corrected chi connectivity index (χ4v) is 1.79. The summed E-state index contributed by atoms with van der Waals surface area (Å²) < 4.78 is 0. The third-order valence-corrected chi connectivity index (χ3v) is 2.81. The Balaban J connectivity index is 0.000000173. The maximum absolute atomic E-state index is 10.8. The molecule has 21 heavy (non-hydrogen) atoms. The van der Waals surface area contributed by atoms with Crippen LogP contribution in [-0.2, 0) is 0 Å². The molecule has 0 atom stereocenters. The van der Waals surface area contributed by atoms with E-state index in [1.54, 1.807) is 42.5 Å². The van der Waals surface area contributed by atoms with Crippen molar-refractivity contribution in [3.05, 3.63) is 66.5 Å². The zero-order chi connectivity index (χ0) is 15.2. The molecule has 5 nitrogen and oxygen atoms in total. The van der Waals surface area contributed by atoms with Crippen LogP contribution in [0.25, 0.3) is 10.8 Å². The number of carboxylic acid groups (broad SMARTS) is 1. The summed E-state index contributed by atoms with van der Waals surface area (Å²) in [4.78, 5) is 14.6. The van der Waals surface area contributed by atoms with E-state index in [2.05, 4.69) is 4.98 Å². The molecule has 0 fully saturated rings. The summed E-state index contributed by atoms with van der Waals surface area (Å²) in [6.07, 6.45) is 1.51. The van der Waals surface area contributed by atoms with Crippen molar-refractivity contribution < 1.29 is 9.90 Å². The SMILES string of the molecule is Nc1ccc(N)cc1.O=C(O)c1nccc2ccccc12. The zero-order valence-electron chi connectivity index (χ0n) is 11.2. The minimum absolute atomic E-state index is 0.109. The fraction of sp³-hybridized carbons (Fsp3) is 0. The van der Waals surface area contributed by atoms with Gasteiger partial charge in [-0.3, -0.25) is 0 Å². The summed E-state index contributed by atoms with van der Waals surface area (Å²) >= 11 is 0. The molecule has 5 N–H and O–H groups in total. The lowest BCUT2D eigenvalue weighted by Gasteiger charge is -1.99. The van der Waals surface area contributed by atoms with Crippen LogP contribution in [0.2, 0.25) is 0 Å². The first-order valence-corrected chi connectivity index (χ1v) is 6.26. The highest BCUT2D eigenvalue weighted by atomic mass is 16.4. The number of nitrogens with two attached hydrogens (primary N) is 2. The Kier molecular flexibility index (Phi) is 4.36. The quantitative estimate of drug-likeness (QED) is 0.595. The second-order valence-corrected chi connectivity index (χ2v) is 4.35. The molecule has 0 bridgehead atoms. The molecule has 0 saturated heterocycles. The summed E-state index contributed by atoms with van der Waals surface area (Å²) in [6, 6.07) is 16.2. The van der Waals surface area contributed by atoms with Crippen LogP contribution in [0.4, 0.5) is 11.4 Å². The molecule has 3 aromatic rings. The number of fused-ring (bicyclic) bond motifs is 1. The van der Waals surface area contributed by atoms with Gasteiger partial charge in [-0.25, -0.2) is 9.78 Å². The van der Waals surface area contributed by atoms with Gasteiger partial charge in [0.1, 0.15) is 0 Å². The Morgan fingerprint density at radius 3 is 2.05 bits per heavy atom. The number of hydrogen-bond donors (Lipinski definition) is 3. The second-order valence-electron chi connectivity index (χ2n) is 4.35. The number of benzene rings is 2. The molecule has 1 aromatic heterocycles. The van der Waals surface area contributed by atoms with Crippen molar-refractivity contribution in [3.63, 3.8) is 0 Å². The standard InChI is InChI=1S/C10H7NO2.C6H8N2/c12-10(13)9-8-4-2-1-3-7(8)5-6-11-9;7-5-1-2-6(8)4-3-5/h1-6H,(H,12,13);1-4H,7-8H2. The van der Waals surface area contributed by atoms with Crippen LogP contribution in [0.1, 0.15) is 10.5 Å². The smallest absolute Gasteiger partial charge is 0.355 e. The number of nitrogen functional groups attached to an aromatic ring is 2. The molecule has 0 aliphatic heterocycles. The van der Waals surface area contributed by atoms with E-state index >= 15 is 0 Å².